The van der Waals surface area contributed by atoms with Gasteiger partial charge in [0.25, 0.3) is 5.91 Å². The number of hydrogen-bond donors (Lipinski definition) is 1. The Morgan fingerprint density at radius 3 is 2.25 bits per heavy atom. The molecule has 0 fully saturated rings. The zero-order valence-corrected chi connectivity index (χ0v) is 17.5. The molecule has 158 valence electrons. The summed E-state index contributed by atoms with van der Waals surface area (Å²) in [5, 5.41) is 11.2. The molecular weight excluding hydrogens is 402 g/mol. The molecule has 2 aromatic heterocycles. The second-order valence-corrected chi connectivity index (χ2v) is 7.39. The molecule has 0 saturated carbocycles. The van der Waals surface area contributed by atoms with Crippen molar-refractivity contribution >= 4 is 22.9 Å². The van der Waals surface area contributed by atoms with Crippen LogP contribution in [0.3, 0.4) is 0 Å². The van der Waals surface area contributed by atoms with Gasteiger partial charge in [-0.2, -0.15) is 0 Å². The van der Waals surface area contributed by atoms with Crippen LogP contribution in [0.1, 0.15) is 23.7 Å². The number of aryl methyl sites for hydroxylation is 1. The molecule has 1 N–H and O–H groups in total. The fraction of sp³-hybridized carbons (Fsp3) is 0.120. The van der Waals surface area contributed by atoms with Crippen molar-refractivity contribution in [1.29, 1.82) is 0 Å². The van der Waals surface area contributed by atoms with E-state index < -0.39 is 0 Å². The molecule has 32 heavy (non-hydrogen) atoms. The highest BCUT2D eigenvalue weighted by atomic mass is 16.4. The van der Waals surface area contributed by atoms with E-state index in [1.54, 1.807) is 24.3 Å². The zero-order valence-electron chi connectivity index (χ0n) is 17.5. The van der Waals surface area contributed by atoms with E-state index >= 15 is 0 Å². The minimum atomic E-state index is -0.222. The Balaban J connectivity index is 1.36. The maximum atomic E-state index is 12.9. The van der Waals surface area contributed by atoms with Crippen LogP contribution in [-0.2, 0) is 6.54 Å². The number of rotatable bonds is 6. The predicted octanol–water partition coefficient (Wildman–Crippen LogP) is 5.42. The average molecular weight is 423 g/mol. The Hall–Kier alpha value is -4.26. The molecule has 0 radical (unpaired) electrons. The van der Waals surface area contributed by atoms with E-state index in [2.05, 4.69) is 27.4 Å². The van der Waals surface area contributed by atoms with Crippen LogP contribution < -0.4 is 5.32 Å². The van der Waals surface area contributed by atoms with Crippen molar-refractivity contribution in [3.8, 4) is 22.9 Å². The highest BCUT2D eigenvalue weighted by molar-refractivity contribution is 6.04. The van der Waals surface area contributed by atoms with Crippen molar-refractivity contribution in [3.63, 3.8) is 0 Å². The number of nitrogens with zero attached hydrogens (tertiary/aromatic N) is 4. The number of carbonyl (C=O) groups is 1. The van der Waals surface area contributed by atoms with Crippen LogP contribution in [-0.4, -0.2) is 25.7 Å². The Morgan fingerprint density at radius 1 is 0.875 bits per heavy atom. The number of nitrogens with one attached hydrogen (secondary N) is 1. The van der Waals surface area contributed by atoms with Crippen LogP contribution in [0, 0.1) is 0 Å². The Labute approximate surface area is 184 Å². The van der Waals surface area contributed by atoms with Crippen molar-refractivity contribution in [3.05, 3.63) is 84.4 Å². The number of carbonyl (C=O) groups excluding carboxylic acids is 1. The van der Waals surface area contributed by atoms with Gasteiger partial charge in [-0.05, 0) is 55.0 Å². The van der Waals surface area contributed by atoms with Gasteiger partial charge in [-0.1, -0.05) is 37.3 Å². The van der Waals surface area contributed by atoms with Crippen molar-refractivity contribution in [2.45, 2.75) is 19.9 Å². The van der Waals surface area contributed by atoms with Crippen LogP contribution in [0.4, 0.5) is 5.95 Å². The first kappa shape index (κ1) is 19.7. The molecule has 0 aliphatic rings. The minimum Gasteiger partial charge on any atom is -0.416 e. The van der Waals surface area contributed by atoms with Crippen molar-refractivity contribution in [2.24, 2.45) is 0 Å². The lowest BCUT2D eigenvalue weighted by atomic mass is 10.1. The molecule has 0 unspecified atom stereocenters. The molecule has 7 nitrogen and oxygen atoms in total. The number of para-hydroxylation sites is 2. The fourth-order valence-electron chi connectivity index (χ4n) is 3.60. The molecule has 0 aliphatic heterocycles. The molecular formula is C25H21N5O2. The maximum absolute atomic E-state index is 12.9. The lowest BCUT2D eigenvalue weighted by Crippen LogP contribution is -2.16. The van der Waals surface area contributed by atoms with Gasteiger partial charge in [0.15, 0.2) is 0 Å². The first-order valence-electron chi connectivity index (χ1n) is 10.5. The van der Waals surface area contributed by atoms with Gasteiger partial charge in [0.05, 0.1) is 11.0 Å². The van der Waals surface area contributed by atoms with Crippen molar-refractivity contribution in [2.75, 3.05) is 5.32 Å². The summed E-state index contributed by atoms with van der Waals surface area (Å²) in [6.07, 6.45) is 0.938. The minimum absolute atomic E-state index is 0.222. The van der Waals surface area contributed by atoms with Crippen LogP contribution in [0.25, 0.3) is 33.9 Å². The van der Waals surface area contributed by atoms with E-state index in [1.165, 1.54) is 0 Å². The Kier molecular flexibility index (Phi) is 5.21. The van der Waals surface area contributed by atoms with E-state index in [0.717, 1.165) is 35.1 Å². The highest BCUT2D eigenvalue weighted by Gasteiger charge is 2.15. The number of aromatic nitrogens is 4. The van der Waals surface area contributed by atoms with Gasteiger partial charge in [-0.25, -0.2) is 4.98 Å². The molecule has 0 atom stereocenters. The largest absolute Gasteiger partial charge is 0.416 e. The zero-order chi connectivity index (χ0) is 21.9. The first-order valence-corrected chi connectivity index (χ1v) is 10.5. The number of anilines is 1. The van der Waals surface area contributed by atoms with Crippen LogP contribution in [0.2, 0.25) is 0 Å². The van der Waals surface area contributed by atoms with Gasteiger partial charge in [0.2, 0.25) is 17.7 Å². The summed E-state index contributed by atoms with van der Waals surface area (Å²) in [6, 6.07) is 24.5. The molecule has 0 spiro atoms. The molecule has 5 aromatic rings. The van der Waals surface area contributed by atoms with Crippen LogP contribution in [0.15, 0.2) is 83.3 Å². The monoisotopic (exact) mass is 423 g/mol. The summed E-state index contributed by atoms with van der Waals surface area (Å²) >= 11 is 0. The number of hydrogen-bond acceptors (Lipinski definition) is 5. The second kappa shape index (κ2) is 8.47. The van der Waals surface area contributed by atoms with Gasteiger partial charge >= 0.3 is 0 Å². The summed E-state index contributed by atoms with van der Waals surface area (Å²) < 4.78 is 7.82. The van der Waals surface area contributed by atoms with Crippen molar-refractivity contribution in [1.82, 2.24) is 19.7 Å². The summed E-state index contributed by atoms with van der Waals surface area (Å²) in [7, 11) is 0. The van der Waals surface area contributed by atoms with Gasteiger partial charge < -0.3 is 8.98 Å². The molecule has 7 heteroatoms. The molecule has 0 saturated heterocycles. The first-order chi connectivity index (χ1) is 15.7. The summed E-state index contributed by atoms with van der Waals surface area (Å²) in [4.78, 5) is 17.5. The standard InChI is InChI=1S/C25H21N5O2/c1-2-16-30-21-11-7-6-10-20(21)26-25(30)27-22(31)17-12-14-19(15-13-17)24-29-28-23(32-24)18-8-4-3-5-9-18/h3-15H,2,16H2,1H3,(H,26,27,31). The van der Waals surface area contributed by atoms with Crippen LogP contribution >= 0.6 is 0 Å². The number of amides is 1. The highest BCUT2D eigenvalue weighted by Crippen LogP contribution is 2.25. The van der Waals surface area contributed by atoms with Gasteiger partial charge in [0, 0.05) is 23.2 Å². The average Bonchev–Trinajstić information content (AvgIpc) is 3.46. The third kappa shape index (κ3) is 3.76. The molecule has 0 aliphatic carbocycles. The van der Waals surface area contributed by atoms with Gasteiger partial charge in [-0.3, -0.25) is 10.1 Å². The van der Waals surface area contributed by atoms with E-state index in [9.17, 15) is 4.79 Å². The quantitative estimate of drug-likeness (QED) is 0.394. The van der Waals surface area contributed by atoms with Crippen LogP contribution in [0.5, 0.6) is 0 Å². The van der Waals surface area contributed by atoms with Gasteiger partial charge in [-0.15, -0.1) is 10.2 Å². The second-order valence-electron chi connectivity index (χ2n) is 7.39. The normalized spacial score (nSPS) is 11.0. The Morgan fingerprint density at radius 2 is 1.53 bits per heavy atom. The lowest BCUT2D eigenvalue weighted by molar-refractivity contribution is 0.102. The van der Waals surface area contributed by atoms with E-state index in [0.29, 0.717) is 23.3 Å². The van der Waals surface area contributed by atoms with Gasteiger partial charge in [0.1, 0.15) is 0 Å². The third-order valence-electron chi connectivity index (χ3n) is 5.17. The van der Waals surface area contributed by atoms with E-state index in [-0.39, 0.29) is 5.91 Å². The SMILES string of the molecule is CCCn1c(NC(=O)c2ccc(-c3nnc(-c4ccccc4)o3)cc2)nc2ccccc21. The fourth-order valence-corrected chi connectivity index (χ4v) is 3.60. The molecule has 5 rings (SSSR count). The van der Waals surface area contributed by atoms with Crippen molar-refractivity contribution < 1.29 is 9.21 Å². The topological polar surface area (TPSA) is 85.8 Å². The predicted molar refractivity (Wildman–Crippen MR) is 123 cm³/mol. The molecule has 0 bridgehead atoms. The molecule has 3 aromatic carbocycles. The maximum Gasteiger partial charge on any atom is 0.257 e. The molecule has 1 amide bonds. The third-order valence-corrected chi connectivity index (χ3v) is 5.17. The number of benzene rings is 3. The summed E-state index contributed by atoms with van der Waals surface area (Å²) in [5.74, 6) is 1.18. The van der Waals surface area contributed by atoms with E-state index in [4.69, 9.17) is 4.42 Å². The van der Waals surface area contributed by atoms with E-state index in [1.807, 2.05) is 59.2 Å². The summed E-state index contributed by atoms with van der Waals surface area (Å²) in [6.45, 7) is 2.87. The summed E-state index contributed by atoms with van der Waals surface area (Å²) in [5.41, 5.74) is 3.99. The Bertz CT molecular complexity index is 1370. The number of imidazole rings is 1. The smallest absolute Gasteiger partial charge is 0.257 e. The lowest BCUT2D eigenvalue weighted by Gasteiger charge is -2.09. The molecule has 2 heterocycles. The number of fused-ring (bicyclic) bond motifs is 1.